The van der Waals surface area contributed by atoms with E-state index in [0.29, 0.717) is 48.8 Å². The summed E-state index contributed by atoms with van der Waals surface area (Å²) in [5.41, 5.74) is 3.21. The van der Waals surface area contributed by atoms with Gasteiger partial charge in [0.05, 0.1) is 35.2 Å². The number of benzene rings is 1. The Hall–Kier alpha value is -2.23. The molecule has 2 heterocycles. The van der Waals surface area contributed by atoms with Crippen LogP contribution in [0.15, 0.2) is 23.1 Å². The summed E-state index contributed by atoms with van der Waals surface area (Å²) in [6.07, 6.45) is 0. The molecule has 1 amide bonds. The van der Waals surface area contributed by atoms with Gasteiger partial charge in [0.1, 0.15) is 0 Å². The summed E-state index contributed by atoms with van der Waals surface area (Å²) in [5, 5.41) is 7.15. The van der Waals surface area contributed by atoms with Crippen molar-refractivity contribution in [1.82, 2.24) is 14.1 Å². The highest BCUT2D eigenvalue weighted by atomic mass is 32.2. The standard InChI is InChI=1S/C18H24N4O4S/c1-12-5-6-15(27(24,25)22-7-9-26-10-8-22)11-16(12)18(23)19-17-13(2)20-21(4)14(17)3/h5-6,11H,7-10H2,1-4H3,(H,19,23). The maximum absolute atomic E-state index is 12.9. The van der Waals surface area contributed by atoms with Gasteiger partial charge in [-0.1, -0.05) is 6.07 Å². The highest BCUT2D eigenvalue weighted by Gasteiger charge is 2.27. The van der Waals surface area contributed by atoms with Crippen LogP contribution in [0.2, 0.25) is 0 Å². The van der Waals surface area contributed by atoms with Crippen molar-refractivity contribution in [2.75, 3.05) is 31.6 Å². The van der Waals surface area contributed by atoms with Crippen molar-refractivity contribution in [2.45, 2.75) is 25.7 Å². The number of hydrogen-bond donors (Lipinski definition) is 1. The fraction of sp³-hybridized carbons (Fsp3) is 0.444. The minimum Gasteiger partial charge on any atom is -0.379 e. The minimum atomic E-state index is -3.66. The van der Waals surface area contributed by atoms with Crippen LogP contribution < -0.4 is 5.32 Å². The average Bonchev–Trinajstić information content (AvgIpc) is 2.88. The molecule has 27 heavy (non-hydrogen) atoms. The van der Waals surface area contributed by atoms with Crippen molar-refractivity contribution < 1.29 is 17.9 Å². The number of hydrogen-bond acceptors (Lipinski definition) is 5. The third kappa shape index (κ3) is 3.76. The first-order valence-electron chi connectivity index (χ1n) is 8.72. The van der Waals surface area contributed by atoms with Crippen LogP contribution in [-0.2, 0) is 21.8 Å². The van der Waals surface area contributed by atoms with E-state index in [0.717, 1.165) is 5.69 Å². The number of aryl methyl sites for hydroxylation is 3. The van der Waals surface area contributed by atoms with Gasteiger partial charge >= 0.3 is 0 Å². The second-order valence-electron chi connectivity index (χ2n) is 6.62. The number of nitrogens with one attached hydrogen (secondary N) is 1. The molecule has 1 aromatic heterocycles. The van der Waals surface area contributed by atoms with E-state index in [-0.39, 0.29) is 10.8 Å². The van der Waals surface area contributed by atoms with Crippen LogP contribution in [0.5, 0.6) is 0 Å². The molecular weight excluding hydrogens is 368 g/mol. The maximum Gasteiger partial charge on any atom is 0.256 e. The number of carbonyl (C=O) groups is 1. The van der Waals surface area contributed by atoms with Crippen molar-refractivity contribution in [3.05, 3.63) is 40.7 Å². The number of ether oxygens (including phenoxy) is 1. The van der Waals surface area contributed by atoms with Gasteiger partial charge in [-0.3, -0.25) is 9.48 Å². The largest absolute Gasteiger partial charge is 0.379 e. The molecule has 1 fully saturated rings. The molecule has 146 valence electrons. The van der Waals surface area contributed by atoms with E-state index < -0.39 is 10.0 Å². The number of sulfonamides is 1. The smallest absolute Gasteiger partial charge is 0.256 e. The Kier molecular flexibility index (Phi) is 5.36. The van der Waals surface area contributed by atoms with E-state index in [4.69, 9.17) is 4.74 Å². The van der Waals surface area contributed by atoms with Crippen LogP contribution in [0, 0.1) is 20.8 Å². The molecule has 1 aliphatic heterocycles. The minimum absolute atomic E-state index is 0.111. The Morgan fingerprint density at radius 3 is 2.44 bits per heavy atom. The Bertz CT molecular complexity index is 975. The summed E-state index contributed by atoms with van der Waals surface area (Å²) in [5.74, 6) is -0.356. The lowest BCUT2D eigenvalue weighted by Crippen LogP contribution is -2.40. The van der Waals surface area contributed by atoms with E-state index in [1.54, 1.807) is 24.7 Å². The summed E-state index contributed by atoms with van der Waals surface area (Å²) in [6.45, 7) is 6.83. The fourth-order valence-electron chi connectivity index (χ4n) is 3.08. The number of amides is 1. The first kappa shape index (κ1) is 19.5. The molecule has 1 saturated heterocycles. The predicted octanol–water partition coefficient (Wildman–Crippen LogP) is 1.62. The monoisotopic (exact) mass is 392 g/mol. The van der Waals surface area contributed by atoms with Crippen molar-refractivity contribution in [1.29, 1.82) is 0 Å². The van der Waals surface area contributed by atoms with Gasteiger partial charge in [0.2, 0.25) is 10.0 Å². The molecule has 0 spiro atoms. The maximum atomic E-state index is 12.9. The first-order chi connectivity index (χ1) is 12.7. The zero-order valence-electron chi connectivity index (χ0n) is 15.9. The van der Waals surface area contributed by atoms with E-state index in [1.807, 2.05) is 13.8 Å². The molecule has 9 heteroatoms. The summed E-state index contributed by atoms with van der Waals surface area (Å²) in [6, 6.07) is 4.64. The molecular formula is C18H24N4O4S. The third-order valence-corrected chi connectivity index (χ3v) is 6.70. The first-order valence-corrected chi connectivity index (χ1v) is 10.2. The van der Waals surface area contributed by atoms with E-state index in [2.05, 4.69) is 10.4 Å². The zero-order chi connectivity index (χ0) is 19.8. The van der Waals surface area contributed by atoms with Crippen LogP contribution in [0.25, 0.3) is 0 Å². The van der Waals surface area contributed by atoms with Gasteiger partial charge in [-0.2, -0.15) is 9.40 Å². The summed E-state index contributed by atoms with van der Waals surface area (Å²) < 4.78 is 34.0. The van der Waals surface area contributed by atoms with Gasteiger partial charge in [0, 0.05) is 25.7 Å². The van der Waals surface area contributed by atoms with Crippen LogP contribution in [0.3, 0.4) is 0 Å². The Labute approximate surface area is 159 Å². The van der Waals surface area contributed by atoms with Gasteiger partial charge in [-0.05, 0) is 38.5 Å². The second kappa shape index (κ2) is 7.41. The third-order valence-electron chi connectivity index (χ3n) is 4.81. The van der Waals surface area contributed by atoms with Gasteiger partial charge in [0.15, 0.2) is 0 Å². The number of aromatic nitrogens is 2. The lowest BCUT2D eigenvalue weighted by molar-refractivity contribution is 0.0730. The molecule has 2 aromatic rings. The van der Waals surface area contributed by atoms with E-state index in [1.165, 1.54) is 16.4 Å². The van der Waals surface area contributed by atoms with Gasteiger partial charge in [0.25, 0.3) is 5.91 Å². The van der Waals surface area contributed by atoms with Crippen LogP contribution >= 0.6 is 0 Å². The van der Waals surface area contributed by atoms with Crippen LogP contribution in [0.1, 0.15) is 27.3 Å². The number of rotatable bonds is 4. The molecule has 0 saturated carbocycles. The SMILES string of the molecule is Cc1ccc(S(=O)(=O)N2CCOCC2)cc1C(=O)Nc1c(C)nn(C)c1C. The highest BCUT2D eigenvalue weighted by Crippen LogP contribution is 2.23. The molecule has 0 aliphatic carbocycles. The van der Waals surface area contributed by atoms with E-state index >= 15 is 0 Å². The highest BCUT2D eigenvalue weighted by molar-refractivity contribution is 7.89. The normalized spacial score (nSPS) is 15.7. The average molecular weight is 392 g/mol. The van der Waals surface area contributed by atoms with Gasteiger partial charge in [-0.15, -0.1) is 0 Å². The topological polar surface area (TPSA) is 93.5 Å². The lowest BCUT2D eigenvalue weighted by atomic mass is 10.1. The Morgan fingerprint density at radius 1 is 1.19 bits per heavy atom. The lowest BCUT2D eigenvalue weighted by Gasteiger charge is -2.26. The predicted molar refractivity (Wildman–Crippen MR) is 101 cm³/mol. The summed E-state index contributed by atoms with van der Waals surface area (Å²) in [7, 11) is -1.86. The molecule has 8 nitrogen and oxygen atoms in total. The van der Waals surface area contributed by atoms with Crippen LogP contribution in [-0.4, -0.2) is 54.7 Å². The molecule has 0 unspecified atom stereocenters. The van der Waals surface area contributed by atoms with Gasteiger partial charge < -0.3 is 10.1 Å². The number of carbonyl (C=O) groups excluding carboxylic acids is 1. The van der Waals surface area contributed by atoms with Gasteiger partial charge in [-0.25, -0.2) is 8.42 Å². The number of nitrogens with zero attached hydrogens (tertiary/aromatic N) is 3. The van der Waals surface area contributed by atoms with Crippen molar-refractivity contribution in [2.24, 2.45) is 7.05 Å². The quantitative estimate of drug-likeness (QED) is 0.853. The summed E-state index contributed by atoms with van der Waals surface area (Å²) >= 11 is 0. The molecule has 3 rings (SSSR count). The Morgan fingerprint density at radius 2 is 1.85 bits per heavy atom. The Balaban J connectivity index is 1.92. The van der Waals surface area contributed by atoms with Crippen molar-refractivity contribution >= 4 is 21.6 Å². The molecule has 1 N–H and O–H groups in total. The molecule has 0 bridgehead atoms. The molecule has 1 aromatic carbocycles. The van der Waals surface area contributed by atoms with E-state index in [9.17, 15) is 13.2 Å². The molecule has 0 radical (unpaired) electrons. The summed E-state index contributed by atoms with van der Waals surface area (Å²) in [4.78, 5) is 12.9. The molecule has 0 atom stereocenters. The van der Waals surface area contributed by atoms with Crippen molar-refractivity contribution in [3.63, 3.8) is 0 Å². The fourth-order valence-corrected chi connectivity index (χ4v) is 4.51. The second-order valence-corrected chi connectivity index (χ2v) is 8.55. The number of morpholine rings is 1. The zero-order valence-corrected chi connectivity index (χ0v) is 16.8. The van der Waals surface area contributed by atoms with Crippen LogP contribution in [0.4, 0.5) is 5.69 Å². The molecule has 1 aliphatic rings. The number of anilines is 1. The van der Waals surface area contributed by atoms with Crippen molar-refractivity contribution in [3.8, 4) is 0 Å².